The molecule has 7 heteroatoms. The predicted molar refractivity (Wildman–Crippen MR) is 96.7 cm³/mol. The smallest absolute Gasteiger partial charge is 0.254 e. The zero-order valence-electron chi connectivity index (χ0n) is 14.6. The quantitative estimate of drug-likeness (QED) is 0.674. The molecule has 1 atom stereocenters. The van der Waals surface area contributed by atoms with Gasteiger partial charge in [-0.1, -0.05) is 6.92 Å². The summed E-state index contributed by atoms with van der Waals surface area (Å²) in [6.07, 6.45) is 3.73. The van der Waals surface area contributed by atoms with Crippen molar-refractivity contribution in [3.63, 3.8) is 0 Å². The number of amides is 1. The molecule has 1 amide bonds. The first-order valence-electron chi connectivity index (χ1n) is 8.55. The van der Waals surface area contributed by atoms with Gasteiger partial charge in [-0.05, 0) is 31.9 Å². The molecule has 3 aromatic rings. The number of imidazole rings is 1. The first-order chi connectivity index (χ1) is 12.4. The van der Waals surface area contributed by atoms with Gasteiger partial charge in [0.05, 0.1) is 5.69 Å². The van der Waals surface area contributed by atoms with Gasteiger partial charge < -0.3 is 4.90 Å². The summed E-state index contributed by atoms with van der Waals surface area (Å²) in [6.45, 7) is 5.13. The van der Waals surface area contributed by atoms with E-state index in [4.69, 9.17) is 4.98 Å². The van der Waals surface area contributed by atoms with Crippen LogP contribution < -0.4 is 0 Å². The fourth-order valence-corrected chi connectivity index (χ4v) is 4.85. The minimum absolute atomic E-state index is 0.0500. The molecule has 1 aliphatic rings. The molecular formula is C19H19F2N3OS. The third-order valence-corrected chi connectivity index (χ3v) is 5.97. The highest BCUT2D eigenvalue weighted by molar-refractivity contribution is 7.15. The standard InChI is InChI=1S/C19H19F2N3OS/c1-12-22-16(18-24(12)6-7-26-18)19(2)4-3-5-23(11-19)17(25)13-8-14(20)10-15(21)9-13/h6-10H,3-5,11H2,1-2H3. The lowest BCUT2D eigenvalue weighted by molar-refractivity contribution is 0.0648. The van der Waals surface area contributed by atoms with Crippen molar-refractivity contribution in [3.05, 3.63) is 58.5 Å². The zero-order chi connectivity index (χ0) is 18.5. The summed E-state index contributed by atoms with van der Waals surface area (Å²) >= 11 is 1.63. The number of likely N-dealkylation sites (tertiary alicyclic amines) is 1. The molecule has 2 aromatic heterocycles. The Labute approximate surface area is 154 Å². The Bertz CT molecular complexity index is 976. The number of fused-ring (bicyclic) bond motifs is 1. The highest BCUT2D eigenvalue weighted by atomic mass is 32.1. The average Bonchev–Trinajstić information content (AvgIpc) is 3.18. The molecule has 0 aliphatic carbocycles. The van der Waals surface area contributed by atoms with Crippen LogP contribution in [-0.2, 0) is 5.41 Å². The molecule has 1 aromatic carbocycles. The van der Waals surface area contributed by atoms with Crippen molar-refractivity contribution < 1.29 is 13.6 Å². The second-order valence-electron chi connectivity index (χ2n) is 7.13. The summed E-state index contributed by atoms with van der Waals surface area (Å²) in [5.41, 5.74) is 0.756. The lowest BCUT2D eigenvalue weighted by Gasteiger charge is -2.39. The average molecular weight is 375 g/mol. The molecule has 136 valence electrons. The van der Waals surface area contributed by atoms with Gasteiger partial charge >= 0.3 is 0 Å². The molecule has 1 unspecified atom stereocenters. The van der Waals surface area contributed by atoms with Crippen molar-refractivity contribution in [3.8, 4) is 0 Å². The Hall–Kier alpha value is -2.28. The van der Waals surface area contributed by atoms with E-state index in [2.05, 4.69) is 11.3 Å². The Morgan fingerprint density at radius 2 is 2.00 bits per heavy atom. The molecule has 1 saturated heterocycles. The van der Waals surface area contributed by atoms with E-state index in [9.17, 15) is 13.6 Å². The van der Waals surface area contributed by atoms with Crippen LogP contribution in [0, 0.1) is 18.6 Å². The summed E-state index contributed by atoms with van der Waals surface area (Å²) in [4.78, 5) is 20.3. The number of benzene rings is 1. The summed E-state index contributed by atoms with van der Waals surface area (Å²) < 4.78 is 29.0. The van der Waals surface area contributed by atoms with Crippen LogP contribution in [0.4, 0.5) is 8.78 Å². The van der Waals surface area contributed by atoms with Gasteiger partial charge in [0.1, 0.15) is 22.3 Å². The number of carbonyl (C=O) groups is 1. The fourth-order valence-electron chi connectivity index (χ4n) is 3.83. The molecule has 0 spiro atoms. The van der Waals surface area contributed by atoms with Gasteiger partial charge in [-0.15, -0.1) is 11.3 Å². The Morgan fingerprint density at radius 1 is 1.27 bits per heavy atom. The van der Waals surface area contributed by atoms with E-state index < -0.39 is 11.6 Å². The molecule has 4 rings (SSSR count). The van der Waals surface area contributed by atoms with Gasteiger partial charge in [0.15, 0.2) is 0 Å². The Balaban J connectivity index is 1.66. The van der Waals surface area contributed by atoms with Gasteiger partial charge in [0, 0.05) is 41.7 Å². The number of thiazole rings is 1. The summed E-state index contributed by atoms with van der Waals surface area (Å²) in [5, 5.41) is 2.03. The van der Waals surface area contributed by atoms with Crippen molar-refractivity contribution in [2.24, 2.45) is 0 Å². The minimum atomic E-state index is -0.738. The number of rotatable bonds is 2. The molecule has 0 saturated carbocycles. The van der Waals surface area contributed by atoms with Crippen LogP contribution in [-0.4, -0.2) is 33.3 Å². The van der Waals surface area contributed by atoms with Crippen LogP contribution in [0.2, 0.25) is 0 Å². The number of hydrogen-bond acceptors (Lipinski definition) is 3. The Morgan fingerprint density at radius 3 is 2.73 bits per heavy atom. The fraction of sp³-hybridized carbons (Fsp3) is 0.368. The molecule has 26 heavy (non-hydrogen) atoms. The maximum atomic E-state index is 13.5. The number of piperidine rings is 1. The summed E-state index contributed by atoms with van der Waals surface area (Å²) in [5.74, 6) is -0.892. The molecule has 0 radical (unpaired) electrons. The molecule has 1 fully saturated rings. The van der Waals surface area contributed by atoms with Crippen LogP contribution in [0.25, 0.3) is 4.83 Å². The first-order valence-corrected chi connectivity index (χ1v) is 9.43. The van der Waals surface area contributed by atoms with E-state index in [1.807, 2.05) is 18.5 Å². The van der Waals surface area contributed by atoms with Gasteiger partial charge in [0.25, 0.3) is 5.91 Å². The molecule has 3 heterocycles. The van der Waals surface area contributed by atoms with Crippen molar-refractivity contribution in [2.45, 2.75) is 32.1 Å². The van der Waals surface area contributed by atoms with Crippen molar-refractivity contribution >= 4 is 22.1 Å². The second kappa shape index (κ2) is 6.16. The van der Waals surface area contributed by atoms with Gasteiger partial charge in [-0.3, -0.25) is 9.20 Å². The summed E-state index contributed by atoms with van der Waals surface area (Å²) in [7, 11) is 0. The number of aryl methyl sites for hydroxylation is 1. The third kappa shape index (κ3) is 2.80. The van der Waals surface area contributed by atoms with Crippen LogP contribution in [0.3, 0.4) is 0 Å². The largest absolute Gasteiger partial charge is 0.338 e. The van der Waals surface area contributed by atoms with Crippen molar-refractivity contribution in [2.75, 3.05) is 13.1 Å². The monoisotopic (exact) mass is 375 g/mol. The van der Waals surface area contributed by atoms with Gasteiger partial charge in [0.2, 0.25) is 0 Å². The number of halogens is 2. The highest BCUT2D eigenvalue weighted by Crippen LogP contribution is 2.37. The molecule has 0 bridgehead atoms. The molecule has 4 nitrogen and oxygen atoms in total. The molecule has 1 aliphatic heterocycles. The SMILES string of the molecule is Cc1nc(C2(C)CCCN(C(=O)c3cc(F)cc(F)c3)C2)c2sccn12. The van der Waals surface area contributed by atoms with Gasteiger partial charge in [-0.2, -0.15) is 0 Å². The first kappa shape index (κ1) is 17.1. The third-order valence-electron chi connectivity index (χ3n) is 5.10. The predicted octanol–water partition coefficient (Wildman–Crippen LogP) is 4.18. The van der Waals surface area contributed by atoms with E-state index in [-0.39, 0.29) is 16.9 Å². The van der Waals surface area contributed by atoms with E-state index >= 15 is 0 Å². The Kier molecular flexibility index (Phi) is 4.06. The normalized spacial score (nSPS) is 20.7. The van der Waals surface area contributed by atoms with E-state index in [1.54, 1.807) is 16.2 Å². The number of carbonyl (C=O) groups excluding carboxylic acids is 1. The zero-order valence-corrected chi connectivity index (χ0v) is 15.4. The van der Waals surface area contributed by atoms with Crippen molar-refractivity contribution in [1.29, 1.82) is 0 Å². The second-order valence-corrected chi connectivity index (χ2v) is 8.03. The van der Waals surface area contributed by atoms with E-state index in [0.29, 0.717) is 13.1 Å². The minimum Gasteiger partial charge on any atom is -0.338 e. The van der Waals surface area contributed by atoms with Crippen LogP contribution in [0.5, 0.6) is 0 Å². The topological polar surface area (TPSA) is 37.6 Å². The van der Waals surface area contributed by atoms with Crippen LogP contribution in [0.15, 0.2) is 29.8 Å². The number of nitrogens with zero attached hydrogens (tertiary/aromatic N) is 3. The van der Waals surface area contributed by atoms with Gasteiger partial charge in [-0.25, -0.2) is 13.8 Å². The lowest BCUT2D eigenvalue weighted by atomic mass is 9.79. The van der Waals surface area contributed by atoms with E-state index in [0.717, 1.165) is 47.4 Å². The highest BCUT2D eigenvalue weighted by Gasteiger charge is 2.38. The summed E-state index contributed by atoms with van der Waals surface area (Å²) in [6, 6.07) is 2.96. The maximum absolute atomic E-state index is 13.5. The van der Waals surface area contributed by atoms with Crippen molar-refractivity contribution in [1.82, 2.24) is 14.3 Å². The molecular weight excluding hydrogens is 356 g/mol. The molecule has 0 N–H and O–H groups in total. The maximum Gasteiger partial charge on any atom is 0.254 e. The lowest BCUT2D eigenvalue weighted by Crippen LogP contribution is -2.47. The number of aromatic nitrogens is 2. The van der Waals surface area contributed by atoms with Crippen LogP contribution >= 0.6 is 11.3 Å². The van der Waals surface area contributed by atoms with Crippen LogP contribution in [0.1, 0.15) is 41.6 Å². The van der Waals surface area contributed by atoms with E-state index in [1.165, 1.54) is 0 Å². The number of hydrogen-bond donors (Lipinski definition) is 0.